The first-order valence-electron chi connectivity index (χ1n) is 4.99. The Labute approximate surface area is 111 Å². The van der Waals surface area contributed by atoms with Crippen LogP contribution in [-0.4, -0.2) is 42.2 Å². The third kappa shape index (κ3) is 3.69. The fourth-order valence-electron chi connectivity index (χ4n) is 1.17. The second kappa shape index (κ2) is 5.90. The number of carboxylic acid groups (broad SMARTS) is 1. The normalized spacial score (nSPS) is 12.9. The lowest BCUT2D eigenvalue weighted by Gasteiger charge is -2.09. The number of nitro groups is 1. The highest BCUT2D eigenvalue weighted by Gasteiger charge is 2.23. The predicted octanol–water partition coefficient (Wildman–Crippen LogP) is -0.542. The summed E-state index contributed by atoms with van der Waals surface area (Å²) in [5.41, 5.74) is -0.632. The van der Waals surface area contributed by atoms with Crippen molar-refractivity contribution in [2.75, 3.05) is 6.54 Å². The van der Waals surface area contributed by atoms with Crippen molar-refractivity contribution in [3.63, 3.8) is 0 Å². The van der Waals surface area contributed by atoms with E-state index in [0.29, 0.717) is 12.1 Å². The van der Waals surface area contributed by atoms with Crippen LogP contribution in [0.4, 0.5) is 10.1 Å². The van der Waals surface area contributed by atoms with Crippen LogP contribution in [-0.2, 0) is 14.8 Å². The number of hydrogen-bond acceptors (Lipinski definition) is 6. The van der Waals surface area contributed by atoms with Gasteiger partial charge in [-0.15, -0.1) is 0 Å². The lowest BCUT2D eigenvalue weighted by Crippen LogP contribution is -2.36. The van der Waals surface area contributed by atoms with E-state index < -0.39 is 50.0 Å². The first kappa shape index (κ1) is 15.9. The van der Waals surface area contributed by atoms with Crippen molar-refractivity contribution in [3.8, 4) is 0 Å². The fraction of sp³-hybridized carbons (Fsp3) is 0.222. The van der Waals surface area contributed by atoms with Crippen LogP contribution in [0.3, 0.4) is 0 Å². The lowest BCUT2D eigenvalue weighted by atomic mass is 10.3. The molecule has 1 rings (SSSR count). The van der Waals surface area contributed by atoms with Gasteiger partial charge in [0.15, 0.2) is 6.10 Å². The molecule has 1 unspecified atom stereocenters. The Bertz CT molecular complexity index is 646. The molecule has 0 aliphatic carbocycles. The summed E-state index contributed by atoms with van der Waals surface area (Å²) in [5.74, 6) is -3.02. The minimum Gasteiger partial charge on any atom is -0.479 e. The highest BCUT2D eigenvalue weighted by Crippen LogP contribution is 2.20. The largest absolute Gasteiger partial charge is 0.479 e. The Morgan fingerprint density at radius 2 is 2.10 bits per heavy atom. The number of carbonyl (C=O) groups is 1. The number of aliphatic carboxylic acids is 1. The molecule has 1 aromatic carbocycles. The molecular weight excluding hydrogens is 299 g/mol. The molecule has 9 nitrogen and oxygen atoms in total. The Balaban J connectivity index is 2.99. The van der Waals surface area contributed by atoms with Crippen molar-refractivity contribution in [1.82, 2.24) is 4.72 Å². The van der Waals surface area contributed by atoms with Crippen LogP contribution >= 0.6 is 0 Å². The molecule has 0 aromatic heterocycles. The molecular formula is C9H9FN2O7S. The van der Waals surface area contributed by atoms with Gasteiger partial charge >= 0.3 is 5.97 Å². The van der Waals surface area contributed by atoms with Gasteiger partial charge in [0.2, 0.25) is 10.0 Å². The zero-order valence-electron chi connectivity index (χ0n) is 9.69. The van der Waals surface area contributed by atoms with Gasteiger partial charge in [0.05, 0.1) is 11.0 Å². The maximum Gasteiger partial charge on any atom is 0.333 e. The van der Waals surface area contributed by atoms with Crippen LogP contribution in [0.25, 0.3) is 0 Å². The number of non-ortho nitro benzene ring substituents is 1. The molecule has 0 aliphatic heterocycles. The monoisotopic (exact) mass is 308 g/mol. The van der Waals surface area contributed by atoms with Crippen molar-refractivity contribution in [3.05, 3.63) is 34.1 Å². The molecule has 110 valence electrons. The van der Waals surface area contributed by atoms with Crippen LogP contribution in [0.2, 0.25) is 0 Å². The van der Waals surface area contributed by atoms with E-state index in [9.17, 15) is 27.7 Å². The van der Waals surface area contributed by atoms with Crippen LogP contribution in [0, 0.1) is 15.9 Å². The summed E-state index contributed by atoms with van der Waals surface area (Å²) in [6, 6.07) is 1.87. The minimum atomic E-state index is -4.43. The van der Waals surface area contributed by atoms with Gasteiger partial charge < -0.3 is 10.2 Å². The van der Waals surface area contributed by atoms with Crippen molar-refractivity contribution < 1.29 is 32.7 Å². The average molecular weight is 308 g/mol. The van der Waals surface area contributed by atoms with Gasteiger partial charge in [0.1, 0.15) is 10.7 Å². The number of benzene rings is 1. The van der Waals surface area contributed by atoms with Gasteiger partial charge in [-0.1, -0.05) is 0 Å². The molecule has 0 radical (unpaired) electrons. The van der Waals surface area contributed by atoms with Gasteiger partial charge in [0, 0.05) is 12.6 Å². The van der Waals surface area contributed by atoms with Crippen molar-refractivity contribution in [2.24, 2.45) is 0 Å². The topological polar surface area (TPSA) is 147 Å². The molecule has 20 heavy (non-hydrogen) atoms. The predicted molar refractivity (Wildman–Crippen MR) is 61.9 cm³/mol. The highest BCUT2D eigenvalue weighted by atomic mass is 32.2. The van der Waals surface area contributed by atoms with E-state index in [1.165, 1.54) is 0 Å². The number of aliphatic hydroxyl groups is 1. The standard InChI is InChI=1S/C9H9FN2O7S/c10-6-3-5(12(16)17)1-2-8(6)20(18,19)11-4-7(13)9(14)15/h1-3,7,11,13H,4H2,(H,14,15). The zero-order valence-corrected chi connectivity index (χ0v) is 10.5. The summed E-state index contributed by atoms with van der Waals surface area (Å²) in [7, 11) is -4.43. The number of sulfonamides is 1. The summed E-state index contributed by atoms with van der Waals surface area (Å²) < 4.78 is 38.4. The molecule has 0 saturated heterocycles. The van der Waals surface area contributed by atoms with E-state index in [1.807, 2.05) is 0 Å². The summed E-state index contributed by atoms with van der Waals surface area (Å²) >= 11 is 0. The van der Waals surface area contributed by atoms with Crippen LogP contribution in [0.1, 0.15) is 0 Å². The molecule has 3 N–H and O–H groups in total. The van der Waals surface area contributed by atoms with E-state index in [0.717, 1.165) is 6.07 Å². The number of hydrogen-bond donors (Lipinski definition) is 3. The van der Waals surface area contributed by atoms with Gasteiger partial charge in [-0.2, -0.15) is 0 Å². The molecule has 0 aliphatic rings. The number of rotatable bonds is 6. The second-order valence-corrected chi connectivity index (χ2v) is 5.31. The first-order valence-corrected chi connectivity index (χ1v) is 6.48. The third-order valence-electron chi connectivity index (χ3n) is 2.17. The molecule has 0 saturated carbocycles. The molecule has 0 spiro atoms. The molecule has 0 fully saturated rings. The maximum absolute atomic E-state index is 13.5. The smallest absolute Gasteiger partial charge is 0.333 e. The van der Waals surface area contributed by atoms with Crippen LogP contribution < -0.4 is 4.72 Å². The van der Waals surface area contributed by atoms with Crippen LogP contribution in [0.15, 0.2) is 23.1 Å². The van der Waals surface area contributed by atoms with Crippen molar-refractivity contribution >= 4 is 21.7 Å². The SMILES string of the molecule is O=C(O)C(O)CNS(=O)(=O)c1ccc([N+](=O)[O-])cc1F. The van der Waals surface area contributed by atoms with E-state index in [-0.39, 0.29) is 0 Å². The molecule has 0 heterocycles. The highest BCUT2D eigenvalue weighted by molar-refractivity contribution is 7.89. The number of nitro benzene ring substituents is 1. The van der Waals surface area contributed by atoms with E-state index >= 15 is 0 Å². The van der Waals surface area contributed by atoms with E-state index in [2.05, 4.69) is 0 Å². The quantitative estimate of drug-likeness (QED) is 0.472. The number of nitrogens with one attached hydrogen (secondary N) is 1. The number of carboxylic acids is 1. The second-order valence-electron chi connectivity index (χ2n) is 3.58. The molecule has 0 bridgehead atoms. The zero-order chi connectivity index (χ0) is 15.5. The Hall–Kier alpha value is -2.11. The summed E-state index contributed by atoms with van der Waals surface area (Å²) in [5, 5.41) is 27.7. The molecule has 11 heteroatoms. The fourth-order valence-corrected chi connectivity index (χ4v) is 2.27. The van der Waals surface area contributed by atoms with Gasteiger partial charge in [-0.25, -0.2) is 22.3 Å². The number of nitrogens with zero attached hydrogens (tertiary/aromatic N) is 1. The summed E-state index contributed by atoms with van der Waals surface area (Å²) in [6.45, 7) is -0.867. The minimum absolute atomic E-state index is 0.419. The Morgan fingerprint density at radius 1 is 1.50 bits per heavy atom. The molecule has 1 aromatic rings. The van der Waals surface area contributed by atoms with Gasteiger partial charge in [0.25, 0.3) is 5.69 Å². The number of aliphatic hydroxyl groups excluding tert-OH is 1. The molecule has 0 amide bonds. The average Bonchev–Trinajstić information content (AvgIpc) is 2.35. The third-order valence-corrected chi connectivity index (χ3v) is 3.62. The Kier molecular flexibility index (Phi) is 4.70. The van der Waals surface area contributed by atoms with E-state index in [4.69, 9.17) is 10.2 Å². The molecule has 1 atom stereocenters. The van der Waals surface area contributed by atoms with Crippen molar-refractivity contribution in [2.45, 2.75) is 11.0 Å². The van der Waals surface area contributed by atoms with E-state index in [1.54, 1.807) is 4.72 Å². The lowest BCUT2D eigenvalue weighted by molar-refractivity contribution is -0.385. The summed E-state index contributed by atoms with van der Waals surface area (Å²) in [4.78, 5) is 18.9. The maximum atomic E-state index is 13.5. The van der Waals surface area contributed by atoms with Crippen molar-refractivity contribution in [1.29, 1.82) is 0 Å². The van der Waals surface area contributed by atoms with Gasteiger partial charge in [-0.3, -0.25) is 10.1 Å². The van der Waals surface area contributed by atoms with Gasteiger partial charge in [-0.05, 0) is 6.07 Å². The van der Waals surface area contributed by atoms with Crippen LogP contribution in [0.5, 0.6) is 0 Å². The number of halogens is 1. The Morgan fingerprint density at radius 3 is 2.55 bits per heavy atom. The summed E-state index contributed by atoms with van der Waals surface area (Å²) in [6.07, 6.45) is -1.99. The first-order chi connectivity index (χ1) is 9.15.